The molecule has 6 nitrogen and oxygen atoms in total. The Kier molecular flexibility index (Phi) is 7.27. The summed E-state index contributed by atoms with van der Waals surface area (Å²) in [6.45, 7) is 6.37. The van der Waals surface area contributed by atoms with E-state index < -0.39 is 0 Å². The van der Waals surface area contributed by atoms with Gasteiger partial charge < -0.3 is 9.47 Å². The van der Waals surface area contributed by atoms with E-state index in [1.54, 1.807) is 25.1 Å². The SMILES string of the molecule is CCOC(=O)/C=C/c1ccc(Oc2c(-c3ccccc3C(C)C)sc3cc([N+](=O)[O-])ccc23)cc1. The fourth-order valence-corrected chi connectivity index (χ4v) is 4.99. The average molecular weight is 488 g/mol. The van der Waals surface area contributed by atoms with Crippen molar-refractivity contribution in [2.45, 2.75) is 26.7 Å². The van der Waals surface area contributed by atoms with Crippen molar-refractivity contribution < 1.29 is 19.2 Å². The summed E-state index contributed by atoms with van der Waals surface area (Å²) in [6.07, 6.45) is 3.07. The van der Waals surface area contributed by atoms with Crippen LogP contribution in [0.25, 0.3) is 26.6 Å². The van der Waals surface area contributed by atoms with Gasteiger partial charge in [0, 0.05) is 28.3 Å². The number of rotatable bonds is 8. The largest absolute Gasteiger partial charge is 0.463 e. The fraction of sp³-hybridized carbons (Fsp3) is 0.179. The third-order valence-corrected chi connectivity index (χ3v) is 6.63. The molecule has 0 saturated heterocycles. The molecule has 35 heavy (non-hydrogen) atoms. The van der Waals surface area contributed by atoms with Crippen LogP contribution in [0.3, 0.4) is 0 Å². The number of nitro benzene ring substituents is 1. The highest BCUT2D eigenvalue weighted by molar-refractivity contribution is 7.22. The summed E-state index contributed by atoms with van der Waals surface area (Å²) >= 11 is 1.49. The first kappa shape index (κ1) is 24.2. The molecule has 0 fully saturated rings. The number of hydrogen-bond acceptors (Lipinski definition) is 6. The van der Waals surface area contributed by atoms with Gasteiger partial charge in [-0.25, -0.2) is 4.79 Å². The minimum absolute atomic E-state index is 0.0479. The van der Waals surface area contributed by atoms with Gasteiger partial charge in [-0.15, -0.1) is 11.3 Å². The molecule has 7 heteroatoms. The van der Waals surface area contributed by atoms with Crippen molar-refractivity contribution in [3.05, 3.63) is 94.0 Å². The van der Waals surface area contributed by atoms with Gasteiger partial charge in [0.2, 0.25) is 0 Å². The number of hydrogen-bond donors (Lipinski definition) is 0. The number of thiophene rings is 1. The highest BCUT2D eigenvalue weighted by atomic mass is 32.1. The molecule has 0 aliphatic carbocycles. The van der Waals surface area contributed by atoms with Crippen molar-refractivity contribution in [2.75, 3.05) is 6.61 Å². The maximum absolute atomic E-state index is 11.6. The Labute approximate surface area is 207 Å². The van der Waals surface area contributed by atoms with Crippen molar-refractivity contribution in [3.63, 3.8) is 0 Å². The van der Waals surface area contributed by atoms with Crippen molar-refractivity contribution in [2.24, 2.45) is 0 Å². The number of nitro groups is 1. The zero-order valence-corrected chi connectivity index (χ0v) is 20.5. The first-order valence-corrected chi connectivity index (χ1v) is 12.1. The molecule has 0 N–H and O–H groups in total. The first-order chi connectivity index (χ1) is 16.9. The predicted molar refractivity (Wildman–Crippen MR) is 140 cm³/mol. The van der Waals surface area contributed by atoms with E-state index in [2.05, 4.69) is 26.0 Å². The van der Waals surface area contributed by atoms with Gasteiger partial charge in [0.1, 0.15) is 5.75 Å². The Hall–Kier alpha value is -3.97. The topological polar surface area (TPSA) is 78.7 Å². The van der Waals surface area contributed by atoms with E-state index in [1.165, 1.54) is 29.0 Å². The predicted octanol–water partition coefficient (Wildman–Crippen LogP) is 7.97. The van der Waals surface area contributed by atoms with E-state index in [0.717, 1.165) is 26.1 Å². The number of benzene rings is 3. The molecule has 0 atom stereocenters. The first-order valence-electron chi connectivity index (χ1n) is 11.3. The molecule has 0 spiro atoms. The zero-order chi connectivity index (χ0) is 24.9. The Bertz CT molecular complexity index is 1400. The lowest BCUT2D eigenvalue weighted by atomic mass is 9.96. The molecule has 0 saturated carbocycles. The fourth-order valence-electron chi connectivity index (χ4n) is 3.78. The van der Waals surface area contributed by atoms with Gasteiger partial charge >= 0.3 is 5.97 Å². The molecule has 0 unspecified atom stereocenters. The van der Waals surface area contributed by atoms with Crippen molar-refractivity contribution in [3.8, 4) is 21.9 Å². The summed E-state index contributed by atoms with van der Waals surface area (Å²) in [5, 5.41) is 12.2. The quantitative estimate of drug-likeness (QED) is 0.109. The Morgan fingerprint density at radius 1 is 1.09 bits per heavy atom. The third kappa shape index (κ3) is 5.41. The molecule has 3 aromatic carbocycles. The molecule has 0 aliphatic heterocycles. The van der Waals surface area contributed by atoms with Gasteiger partial charge in [0.15, 0.2) is 5.75 Å². The van der Waals surface area contributed by atoms with Crippen molar-refractivity contribution in [1.82, 2.24) is 0 Å². The smallest absolute Gasteiger partial charge is 0.330 e. The minimum Gasteiger partial charge on any atom is -0.463 e. The van der Waals surface area contributed by atoms with Crippen LogP contribution in [0.4, 0.5) is 5.69 Å². The van der Waals surface area contributed by atoms with Gasteiger partial charge in [-0.3, -0.25) is 10.1 Å². The summed E-state index contributed by atoms with van der Waals surface area (Å²) in [4.78, 5) is 23.4. The summed E-state index contributed by atoms with van der Waals surface area (Å²) in [7, 11) is 0. The number of fused-ring (bicyclic) bond motifs is 1. The van der Waals surface area contributed by atoms with Gasteiger partial charge in [0.05, 0.1) is 16.4 Å². The second-order valence-corrected chi connectivity index (χ2v) is 9.25. The summed E-state index contributed by atoms with van der Waals surface area (Å²) in [6, 6.07) is 20.4. The average Bonchev–Trinajstić information content (AvgIpc) is 3.21. The van der Waals surface area contributed by atoms with E-state index >= 15 is 0 Å². The monoisotopic (exact) mass is 487 g/mol. The van der Waals surface area contributed by atoms with Crippen LogP contribution >= 0.6 is 11.3 Å². The maximum atomic E-state index is 11.6. The van der Waals surface area contributed by atoms with Crippen LogP contribution in [0.1, 0.15) is 37.8 Å². The van der Waals surface area contributed by atoms with Gasteiger partial charge in [-0.2, -0.15) is 0 Å². The van der Waals surface area contributed by atoms with Gasteiger partial charge in [-0.05, 0) is 53.8 Å². The van der Waals surface area contributed by atoms with Crippen LogP contribution in [-0.2, 0) is 9.53 Å². The number of esters is 1. The Morgan fingerprint density at radius 3 is 2.51 bits per heavy atom. The molecule has 0 bridgehead atoms. The molecule has 4 rings (SSSR count). The van der Waals surface area contributed by atoms with Gasteiger partial charge in [0.25, 0.3) is 5.69 Å². The molecular formula is C28H25NO5S. The van der Waals surface area contributed by atoms with E-state index in [4.69, 9.17) is 9.47 Å². The summed E-state index contributed by atoms with van der Waals surface area (Å²) in [5.41, 5.74) is 3.11. The summed E-state index contributed by atoms with van der Waals surface area (Å²) in [5.74, 6) is 1.20. The van der Waals surface area contributed by atoms with Gasteiger partial charge in [-0.1, -0.05) is 50.2 Å². The maximum Gasteiger partial charge on any atom is 0.330 e. The number of carbonyl (C=O) groups excluding carboxylic acids is 1. The Morgan fingerprint density at radius 2 is 1.83 bits per heavy atom. The van der Waals surface area contributed by atoms with E-state index in [0.29, 0.717) is 24.0 Å². The van der Waals surface area contributed by atoms with Crippen molar-refractivity contribution >= 4 is 39.2 Å². The molecule has 0 aliphatic rings. The molecule has 4 aromatic rings. The zero-order valence-electron chi connectivity index (χ0n) is 19.7. The molecule has 1 aromatic heterocycles. The molecular weight excluding hydrogens is 462 g/mol. The molecule has 1 heterocycles. The number of carbonyl (C=O) groups is 1. The normalized spacial score (nSPS) is 11.3. The lowest BCUT2D eigenvalue weighted by molar-refractivity contribution is -0.384. The lowest BCUT2D eigenvalue weighted by Gasteiger charge is -2.14. The highest BCUT2D eigenvalue weighted by Crippen LogP contribution is 2.48. The van der Waals surface area contributed by atoms with Crippen LogP contribution in [-0.4, -0.2) is 17.5 Å². The van der Waals surface area contributed by atoms with Crippen LogP contribution < -0.4 is 4.74 Å². The molecule has 0 amide bonds. The molecule has 0 radical (unpaired) electrons. The number of non-ortho nitro benzene ring substituents is 1. The highest BCUT2D eigenvalue weighted by Gasteiger charge is 2.21. The Balaban J connectivity index is 1.76. The minimum atomic E-state index is -0.389. The number of nitrogens with zero attached hydrogens (tertiary/aromatic N) is 1. The van der Waals surface area contributed by atoms with E-state index in [9.17, 15) is 14.9 Å². The van der Waals surface area contributed by atoms with E-state index in [1.807, 2.05) is 36.4 Å². The number of ether oxygens (including phenoxy) is 2. The van der Waals surface area contributed by atoms with Crippen LogP contribution in [0.15, 0.2) is 72.8 Å². The lowest BCUT2D eigenvalue weighted by Crippen LogP contribution is -1.98. The van der Waals surface area contributed by atoms with Crippen LogP contribution in [0, 0.1) is 10.1 Å². The van der Waals surface area contributed by atoms with E-state index in [-0.39, 0.29) is 16.6 Å². The summed E-state index contributed by atoms with van der Waals surface area (Å²) < 4.78 is 12.1. The third-order valence-electron chi connectivity index (χ3n) is 5.46. The van der Waals surface area contributed by atoms with Crippen LogP contribution in [0.5, 0.6) is 11.5 Å². The second-order valence-electron chi connectivity index (χ2n) is 8.20. The van der Waals surface area contributed by atoms with Crippen LogP contribution in [0.2, 0.25) is 0 Å². The standard InChI is InChI=1S/C28H25NO5S/c1-4-33-26(30)16-11-19-9-13-21(14-10-19)34-27-24-15-12-20(29(31)32)17-25(24)35-28(27)23-8-6-5-7-22(23)18(2)3/h5-18H,4H2,1-3H3/b16-11+. The second kappa shape index (κ2) is 10.5. The van der Waals surface area contributed by atoms with Crippen molar-refractivity contribution in [1.29, 1.82) is 0 Å². The molecule has 178 valence electrons.